The van der Waals surface area contributed by atoms with Gasteiger partial charge in [0.25, 0.3) is 0 Å². The van der Waals surface area contributed by atoms with Crippen molar-refractivity contribution in [2.24, 2.45) is 0 Å². The molecule has 0 atom stereocenters. The fourth-order valence-electron chi connectivity index (χ4n) is 2.45. The van der Waals surface area contributed by atoms with Crippen molar-refractivity contribution in [2.45, 2.75) is 20.8 Å². The van der Waals surface area contributed by atoms with Crippen LogP contribution in [0.25, 0.3) is 10.9 Å². The van der Waals surface area contributed by atoms with Crippen molar-refractivity contribution in [3.8, 4) is 0 Å². The first-order valence-corrected chi connectivity index (χ1v) is 6.84. The Kier molecular flexibility index (Phi) is 3.15. The highest BCUT2D eigenvalue weighted by atomic mass is 14.9. The van der Waals surface area contributed by atoms with Crippen molar-refractivity contribution in [3.63, 3.8) is 0 Å². The van der Waals surface area contributed by atoms with Crippen LogP contribution in [0.5, 0.6) is 0 Å². The zero-order valence-corrected chi connectivity index (χ0v) is 12.1. The van der Waals surface area contributed by atoms with E-state index in [1.165, 1.54) is 16.7 Å². The predicted molar refractivity (Wildman–Crippen MR) is 85.7 cm³/mol. The lowest BCUT2D eigenvalue weighted by molar-refractivity contribution is 1.31. The Labute approximate surface area is 119 Å². The average Bonchev–Trinajstić information content (AvgIpc) is 2.43. The molecule has 0 aliphatic carbocycles. The van der Waals surface area contributed by atoms with Crippen LogP contribution < -0.4 is 5.32 Å². The first kappa shape index (κ1) is 12.7. The van der Waals surface area contributed by atoms with Crippen molar-refractivity contribution >= 4 is 22.3 Å². The monoisotopic (exact) mass is 262 g/mol. The van der Waals surface area contributed by atoms with Gasteiger partial charge in [0.05, 0.1) is 5.52 Å². The first-order valence-electron chi connectivity index (χ1n) is 6.84. The molecule has 0 radical (unpaired) electrons. The summed E-state index contributed by atoms with van der Waals surface area (Å²) in [7, 11) is 0. The lowest BCUT2D eigenvalue weighted by Gasteiger charge is -2.12. The molecule has 0 saturated heterocycles. The molecule has 0 spiro atoms. The number of pyridine rings is 1. The number of nitrogens with one attached hydrogen (secondary N) is 1. The minimum Gasteiger partial charge on any atom is -0.355 e. The number of rotatable bonds is 2. The second-order valence-corrected chi connectivity index (χ2v) is 5.26. The molecular weight excluding hydrogens is 244 g/mol. The van der Waals surface area contributed by atoms with E-state index in [0.717, 1.165) is 22.3 Å². The summed E-state index contributed by atoms with van der Waals surface area (Å²) in [5.74, 6) is 0. The van der Waals surface area contributed by atoms with E-state index in [-0.39, 0.29) is 0 Å². The molecule has 0 aliphatic rings. The Morgan fingerprint density at radius 3 is 2.60 bits per heavy atom. The zero-order valence-electron chi connectivity index (χ0n) is 12.1. The number of benzene rings is 2. The fourth-order valence-corrected chi connectivity index (χ4v) is 2.45. The maximum Gasteiger partial charge on any atom is 0.0754 e. The van der Waals surface area contributed by atoms with Gasteiger partial charge in [0, 0.05) is 23.0 Å². The van der Waals surface area contributed by atoms with Crippen molar-refractivity contribution in [1.29, 1.82) is 0 Å². The van der Waals surface area contributed by atoms with E-state index in [9.17, 15) is 0 Å². The van der Waals surface area contributed by atoms with Gasteiger partial charge in [-0.15, -0.1) is 0 Å². The molecule has 2 nitrogen and oxygen atoms in total. The van der Waals surface area contributed by atoms with Crippen molar-refractivity contribution in [2.75, 3.05) is 5.32 Å². The molecule has 1 N–H and O–H groups in total. The molecule has 1 aromatic heterocycles. The topological polar surface area (TPSA) is 24.9 Å². The van der Waals surface area contributed by atoms with Gasteiger partial charge in [0.2, 0.25) is 0 Å². The summed E-state index contributed by atoms with van der Waals surface area (Å²) < 4.78 is 0. The molecule has 1 heterocycles. The van der Waals surface area contributed by atoms with Crippen LogP contribution in [-0.4, -0.2) is 4.98 Å². The smallest absolute Gasteiger partial charge is 0.0754 e. The second kappa shape index (κ2) is 4.97. The standard InChI is InChI=1S/C18H18N2/c1-12-5-4-6-15(11-12)20-17-9-10-19-18-14(3)13(2)7-8-16(17)18/h4-11H,1-3H3,(H,19,20). The van der Waals surface area contributed by atoms with Gasteiger partial charge < -0.3 is 5.32 Å². The van der Waals surface area contributed by atoms with Crippen LogP contribution in [0.2, 0.25) is 0 Å². The minimum absolute atomic E-state index is 1.07. The summed E-state index contributed by atoms with van der Waals surface area (Å²) in [4.78, 5) is 4.52. The molecule has 0 aliphatic heterocycles. The third-order valence-electron chi connectivity index (χ3n) is 3.73. The molecule has 20 heavy (non-hydrogen) atoms. The Balaban J connectivity index is 2.10. The summed E-state index contributed by atoms with van der Waals surface area (Å²) in [5, 5.41) is 4.66. The summed E-state index contributed by atoms with van der Waals surface area (Å²) in [6.45, 7) is 6.35. The lowest BCUT2D eigenvalue weighted by Crippen LogP contribution is -1.95. The van der Waals surface area contributed by atoms with Crippen molar-refractivity contribution < 1.29 is 0 Å². The van der Waals surface area contributed by atoms with Gasteiger partial charge >= 0.3 is 0 Å². The molecule has 0 saturated carbocycles. The Morgan fingerprint density at radius 1 is 0.950 bits per heavy atom. The number of hydrogen-bond donors (Lipinski definition) is 1. The van der Waals surface area contributed by atoms with Gasteiger partial charge in [0.1, 0.15) is 0 Å². The SMILES string of the molecule is Cc1cccc(Nc2ccnc3c(C)c(C)ccc23)c1. The normalized spacial score (nSPS) is 10.8. The Hall–Kier alpha value is -2.35. The highest BCUT2D eigenvalue weighted by Crippen LogP contribution is 2.28. The number of nitrogens with zero attached hydrogens (tertiary/aromatic N) is 1. The summed E-state index contributed by atoms with van der Waals surface area (Å²) in [6, 6.07) is 14.7. The Morgan fingerprint density at radius 2 is 1.80 bits per heavy atom. The van der Waals surface area contributed by atoms with Gasteiger partial charge in [-0.05, 0) is 55.7 Å². The van der Waals surface area contributed by atoms with Crippen LogP contribution in [0.4, 0.5) is 11.4 Å². The number of fused-ring (bicyclic) bond motifs is 1. The van der Waals surface area contributed by atoms with Crippen LogP contribution >= 0.6 is 0 Å². The molecule has 3 aromatic rings. The largest absolute Gasteiger partial charge is 0.355 e. The maximum atomic E-state index is 4.52. The lowest BCUT2D eigenvalue weighted by atomic mass is 10.0. The highest BCUT2D eigenvalue weighted by Gasteiger charge is 2.06. The van der Waals surface area contributed by atoms with E-state index in [0.29, 0.717) is 0 Å². The summed E-state index contributed by atoms with van der Waals surface area (Å²) in [6.07, 6.45) is 1.87. The number of anilines is 2. The molecule has 0 fully saturated rings. The zero-order chi connectivity index (χ0) is 14.1. The third kappa shape index (κ3) is 2.25. The molecule has 100 valence electrons. The molecule has 0 bridgehead atoms. The van der Waals surface area contributed by atoms with E-state index in [1.54, 1.807) is 0 Å². The van der Waals surface area contributed by atoms with E-state index in [2.05, 4.69) is 67.5 Å². The average molecular weight is 262 g/mol. The van der Waals surface area contributed by atoms with Gasteiger partial charge in [-0.3, -0.25) is 4.98 Å². The molecule has 0 amide bonds. The van der Waals surface area contributed by atoms with Gasteiger partial charge in [-0.1, -0.05) is 24.3 Å². The minimum atomic E-state index is 1.07. The van der Waals surface area contributed by atoms with Crippen LogP contribution in [0, 0.1) is 20.8 Å². The molecule has 0 unspecified atom stereocenters. The van der Waals surface area contributed by atoms with Crippen LogP contribution in [-0.2, 0) is 0 Å². The summed E-state index contributed by atoms with van der Waals surface area (Å²) in [5.41, 5.74) is 7.05. The second-order valence-electron chi connectivity index (χ2n) is 5.26. The van der Waals surface area contributed by atoms with Crippen LogP contribution in [0.15, 0.2) is 48.7 Å². The highest BCUT2D eigenvalue weighted by molar-refractivity contribution is 5.95. The first-order chi connectivity index (χ1) is 9.65. The van der Waals surface area contributed by atoms with E-state index < -0.39 is 0 Å². The van der Waals surface area contributed by atoms with E-state index in [1.807, 2.05) is 12.3 Å². The number of aryl methyl sites for hydroxylation is 3. The van der Waals surface area contributed by atoms with Crippen molar-refractivity contribution in [1.82, 2.24) is 4.98 Å². The summed E-state index contributed by atoms with van der Waals surface area (Å²) >= 11 is 0. The van der Waals surface area contributed by atoms with Gasteiger partial charge in [0.15, 0.2) is 0 Å². The number of hydrogen-bond acceptors (Lipinski definition) is 2. The quantitative estimate of drug-likeness (QED) is 0.710. The van der Waals surface area contributed by atoms with E-state index in [4.69, 9.17) is 0 Å². The van der Waals surface area contributed by atoms with Gasteiger partial charge in [-0.2, -0.15) is 0 Å². The fraction of sp³-hybridized carbons (Fsp3) is 0.167. The molecule has 2 aromatic carbocycles. The third-order valence-corrected chi connectivity index (χ3v) is 3.73. The Bertz CT molecular complexity index is 775. The molecule has 2 heteroatoms. The molecular formula is C18H18N2. The van der Waals surface area contributed by atoms with Crippen LogP contribution in [0.3, 0.4) is 0 Å². The van der Waals surface area contributed by atoms with Crippen LogP contribution in [0.1, 0.15) is 16.7 Å². The maximum absolute atomic E-state index is 4.52. The molecule has 3 rings (SSSR count). The number of aromatic nitrogens is 1. The van der Waals surface area contributed by atoms with Crippen molar-refractivity contribution in [3.05, 3.63) is 65.4 Å². The van der Waals surface area contributed by atoms with E-state index >= 15 is 0 Å². The van der Waals surface area contributed by atoms with Gasteiger partial charge in [-0.25, -0.2) is 0 Å². The predicted octanol–water partition coefficient (Wildman–Crippen LogP) is 4.90.